The van der Waals surface area contributed by atoms with Crippen molar-refractivity contribution >= 4 is 27.3 Å². The number of aryl methyl sites for hydroxylation is 2. The largest absolute Gasteiger partial charge is 0.467 e. The number of rotatable bonds is 7. The van der Waals surface area contributed by atoms with Gasteiger partial charge in [-0.25, -0.2) is 8.42 Å². The first-order valence-electron chi connectivity index (χ1n) is 9.88. The SMILES string of the molecule is Cc1ccc(CN(Cc2ccco2)C(=O)c2cc(S(=O)(=O)N3CCCC3)cn2C)s1. The second-order valence-electron chi connectivity index (χ2n) is 7.54. The van der Waals surface area contributed by atoms with E-state index in [0.29, 0.717) is 37.6 Å². The monoisotopic (exact) mass is 447 g/mol. The van der Waals surface area contributed by atoms with Crippen LogP contribution in [-0.2, 0) is 30.2 Å². The predicted octanol–water partition coefficient (Wildman–Crippen LogP) is 3.62. The zero-order valence-corrected chi connectivity index (χ0v) is 18.7. The Morgan fingerprint density at radius 1 is 1.20 bits per heavy atom. The van der Waals surface area contributed by atoms with Gasteiger partial charge in [0.1, 0.15) is 16.3 Å². The number of hydrogen-bond acceptors (Lipinski definition) is 5. The summed E-state index contributed by atoms with van der Waals surface area (Å²) >= 11 is 1.64. The van der Waals surface area contributed by atoms with Gasteiger partial charge < -0.3 is 13.9 Å². The van der Waals surface area contributed by atoms with Crippen molar-refractivity contribution in [3.05, 3.63) is 64.0 Å². The zero-order chi connectivity index (χ0) is 21.3. The van der Waals surface area contributed by atoms with E-state index >= 15 is 0 Å². The Balaban J connectivity index is 1.62. The van der Waals surface area contributed by atoms with Crippen LogP contribution in [0.1, 0.15) is 38.8 Å². The fourth-order valence-corrected chi connectivity index (χ4v) is 6.17. The third-order valence-corrected chi connectivity index (χ3v) is 8.11. The third kappa shape index (κ3) is 4.23. The first kappa shape index (κ1) is 20.9. The highest BCUT2D eigenvalue weighted by molar-refractivity contribution is 7.89. The molecule has 4 rings (SSSR count). The molecule has 160 valence electrons. The maximum Gasteiger partial charge on any atom is 0.271 e. The minimum Gasteiger partial charge on any atom is -0.467 e. The Bertz CT molecular complexity index is 1120. The highest BCUT2D eigenvalue weighted by Gasteiger charge is 2.30. The Labute approximate surface area is 180 Å². The van der Waals surface area contributed by atoms with E-state index in [4.69, 9.17) is 4.42 Å². The molecule has 0 saturated carbocycles. The summed E-state index contributed by atoms with van der Waals surface area (Å²) in [5.41, 5.74) is 0.340. The lowest BCUT2D eigenvalue weighted by Gasteiger charge is -2.21. The first-order valence-corrected chi connectivity index (χ1v) is 12.1. The maximum atomic E-state index is 13.4. The standard InChI is InChI=1S/C21H25N3O4S2/c1-16-7-8-18(29-16)14-23(13-17-6-5-11-28-17)21(25)20-12-19(15-22(20)2)30(26,27)24-9-3-4-10-24/h5-8,11-12,15H,3-4,9-10,13-14H2,1-2H3. The van der Waals surface area contributed by atoms with Crippen molar-refractivity contribution in [3.63, 3.8) is 0 Å². The Kier molecular flexibility index (Phi) is 5.86. The molecule has 0 radical (unpaired) electrons. The molecule has 0 bridgehead atoms. The molecule has 7 nitrogen and oxygen atoms in total. The molecule has 1 fully saturated rings. The summed E-state index contributed by atoms with van der Waals surface area (Å²) in [7, 11) is -1.87. The van der Waals surface area contributed by atoms with Gasteiger partial charge in [-0.3, -0.25) is 4.79 Å². The maximum absolute atomic E-state index is 13.4. The van der Waals surface area contributed by atoms with E-state index in [0.717, 1.165) is 17.7 Å². The van der Waals surface area contributed by atoms with E-state index in [2.05, 4.69) is 0 Å². The molecule has 30 heavy (non-hydrogen) atoms. The van der Waals surface area contributed by atoms with Gasteiger partial charge in [0.15, 0.2) is 0 Å². The fourth-order valence-electron chi connectivity index (χ4n) is 3.68. The summed E-state index contributed by atoms with van der Waals surface area (Å²) in [4.78, 5) is 17.5. The third-order valence-electron chi connectivity index (χ3n) is 5.26. The van der Waals surface area contributed by atoms with E-state index in [1.807, 2.05) is 25.1 Å². The molecule has 1 amide bonds. The minimum atomic E-state index is -3.58. The van der Waals surface area contributed by atoms with Gasteiger partial charge in [-0.1, -0.05) is 0 Å². The topological polar surface area (TPSA) is 75.8 Å². The summed E-state index contributed by atoms with van der Waals surface area (Å²) in [6, 6.07) is 9.14. The average molecular weight is 448 g/mol. The number of aromatic nitrogens is 1. The Hall–Kier alpha value is -2.36. The first-order chi connectivity index (χ1) is 14.3. The van der Waals surface area contributed by atoms with Gasteiger partial charge in [-0.2, -0.15) is 4.31 Å². The van der Waals surface area contributed by atoms with Gasteiger partial charge in [-0.05, 0) is 50.1 Å². The van der Waals surface area contributed by atoms with Crippen LogP contribution in [0.2, 0.25) is 0 Å². The van der Waals surface area contributed by atoms with Crippen molar-refractivity contribution in [2.24, 2.45) is 7.05 Å². The van der Waals surface area contributed by atoms with Crippen LogP contribution >= 0.6 is 11.3 Å². The van der Waals surface area contributed by atoms with E-state index < -0.39 is 10.0 Å². The number of thiophene rings is 1. The number of carbonyl (C=O) groups is 1. The number of carbonyl (C=O) groups excluding carboxylic acids is 1. The molecule has 0 spiro atoms. The quantitative estimate of drug-likeness (QED) is 0.554. The van der Waals surface area contributed by atoms with E-state index in [-0.39, 0.29) is 10.8 Å². The number of furan rings is 1. The summed E-state index contributed by atoms with van der Waals surface area (Å²) < 4.78 is 34.4. The number of nitrogens with zero attached hydrogens (tertiary/aromatic N) is 3. The van der Waals surface area contributed by atoms with Crippen molar-refractivity contribution in [2.45, 2.75) is 37.8 Å². The molecule has 0 aliphatic carbocycles. The summed E-state index contributed by atoms with van der Waals surface area (Å²) in [5, 5.41) is 0. The Morgan fingerprint density at radius 2 is 1.97 bits per heavy atom. The fraction of sp³-hybridized carbons (Fsp3) is 0.381. The van der Waals surface area contributed by atoms with Gasteiger partial charge >= 0.3 is 0 Å². The summed E-state index contributed by atoms with van der Waals surface area (Å²) in [5.74, 6) is 0.443. The van der Waals surface area contributed by atoms with Gasteiger partial charge in [0.05, 0.1) is 19.4 Å². The zero-order valence-electron chi connectivity index (χ0n) is 17.1. The molecule has 1 aliphatic rings. The van der Waals surface area contributed by atoms with Crippen LogP contribution in [0.3, 0.4) is 0 Å². The van der Waals surface area contributed by atoms with Crippen molar-refractivity contribution in [1.82, 2.24) is 13.8 Å². The van der Waals surface area contributed by atoms with Gasteiger partial charge in [0, 0.05) is 36.1 Å². The molecule has 1 saturated heterocycles. The molecule has 3 aromatic heterocycles. The van der Waals surface area contributed by atoms with Crippen LogP contribution in [0.25, 0.3) is 0 Å². The van der Waals surface area contributed by atoms with Crippen LogP contribution < -0.4 is 0 Å². The van der Waals surface area contributed by atoms with Crippen LogP contribution in [-0.4, -0.2) is 41.2 Å². The second-order valence-corrected chi connectivity index (χ2v) is 10.8. The average Bonchev–Trinajstić information content (AvgIpc) is 3.49. The molecular weight excluding hydrogens is 422 g/mol. The molecule has 0 atom stereocenters. The van der Waals surface area contributed by atoms with Crippen LogP contribution in [0.15, 0.2) is 52.1 Å². The van der Waals surface area contributed by atoms with Crippen LogP contribution in [0.4, 0.5) is 0 Å². The second kappa shape index (κ2) is 8.41. The number of sulfonamides is 1. The molecule has 3 aromatic rings. The summed E-state index contributed by atoms with van der Waals surface area (Å²) in [6.07, 6.45) is 4.85. The molecule has 0 unspecified atom stereocenters. The lowest BCUT2D eigenvalue weighted by Crippen LogP contribution is -2.31. The smallest absolute Gasteiger partial charge is 0.271 e. The molecule has 4 heterocycles. The molecule has 0 aromatic carbocycles. The number of amides is 1. The molecule has 1 aliphatic heterocycles. The van der Waals surface area contributed by atoms with E-state index in [9.17, 15) is 13.2 Å². The van der Waals surface area contributed by atoms with Crippen LogP contribution in [0, 0.1) is 6.92 Å². The van der Waals surface area contributed by atoms with Crippen LogP contribution in [0.5, 0.6) is 0 Å². The highest BCUT2D eigenvalue weighted by Crippen LogP contribution is 2.25. The number of hydrogen-bond donors (Lipinski definition) is 0. The predicted molar refractivity (Wildman–Crippen MR) is 115 cm³/mol. The lowest BCUT2D eigenvalue weighted by atomic mass is 10.3. The summed E-state index contributed by atoms with van der Waals surface area (Å²) in [6.45, 7) is 3.82. The van der Waals surface area contributed by atoms with Crippen molar-refractivity contribution < 1.29 is 17.6 Å². The van der Waals surface area contributed by atoms with Gasteiger partial charge in [0.25, 0.3) is 5.91 Å². The molecule has 9 heteroatoms. The van der Waals surface area contributed by atoms with E-state index in [1.165, 1.54) is 21.4 Å². The minimum absolute atomic E-state index is 0.167. The normalized spacial score (nSPS) is 15.0. The highest BCUT2D eigenvalue weighted by atomic mass is 32.2. The van der Waals surface area contributed by atoms with Gasteiger partial charge in [-0.15, -0.1) is 11.3 Å². The van der Waals surface area contributed by atoms with Crippen molar-refractivity contribution in [2.75, 3.05) is 13.1 Å². The van der Waals surface area contributed by atoms with E-state index in [1.54, 1.807) is 40.2 Å². The van der Waals surface area contributed by atoms with Crippen molar-refractivity contribution in [1.29, 1.82) is 0 Å². The lowest BCUT2D eigenvalue weighted by molar-refractivity contribution is 0.0709. The van der Waals surface area contributed by atoms with Gasteiger partial charge in [0.2, 0.25) is 10.0 Å². The Morgan fingerprint density at radius 3 is 2.60 bits per heavy atom. The molecular formula is C21H25N3O4S2. The molecule has 0 N–H and O–H groups in total. The van der Waals surface area contributed by atoms with Crippen molar-refractivity contribution in [3.8, 4) is 0 Å².